The average Bonchev–Trinajstić information content (AvgIpc) is 2.65. The van der Waals surface area contributed by atoms with E-state index in [1.807, 2.05) is 18.2 Å². The Morgan fingerprint density at radius 1 is 1.28 bits per heavy atom. The van der Waals surface area contributed by atoms with Gasteiger partial charge in [-0.25, -0.2) is 4.98 Å². The minimum Gasteiger partial charge on any atom is -0.497 e. The Morgan fingerprint density at radius 3 is 2.80 bits per heavy atom. The molecule has 1 saturated heterocycles. The molecule has 0 atom stereocenters. The molecule has 7 heteroatoms. The van der Waals surface area contributed by atoms with Crippen molar-refractivity contribution in [2.24, 2.45) is 0 Å². The molecular formula is C18H24ClN3O3. The maximum absolute atomic E-state index is 6.54. The molecule has 6 nitrogen and oxygen atoms in total. The average molecular weight is 366 g/mol. The molecule has 0 amide bonds. The van der Waals surface area contributed by atoms with E-state index in [1.54, 1.807) is 14.2 Å². The summed E-state index contributed by atoms with van der Waals surface area (Å²) in [4.78, 5) is 6.91. The van der Waals surface area contributed by atoms with E-state index in [4.69, 9.17) is 25.8 Å². The zero-order valence-electron chi connectivity index (χ0n) is 14.7. The first kappa shape index (κ1) is 18.2. The minimum atomic E-state index is 0.532. The van der Waals surface area contributed by atoms with Crippen LogP contribution in [0.2, 0.25) is 5.15 Å². The summed E-state index contributed by atoms with van der Waals surface area (Å²) in [6, 6.07) is 5.89. The molecular weight excluding hydrogens is 342 g/mol. The van der Waals surface area contributed by atoms with Crippen molar-refractivity contribution in [3.8, 4) is 5.75 Å². The summed E-state index contributed by atoms with van der Waals surface area (Å²) in [5.74, 6) is 0.810. The van der Waals surface area contributed by atoms with E-state index in [9.17, 15) is 0 Å². The number of nitrogens with one attached hydrogen (secondary N) is 1. The Hall–Kier alpha value is -1.60. The topological polar surface area (TPSA) is 55.8 Å². The fourth-order valence-electron chi connectivity index (χ4n) is 3.06. The number of methoxy groups -OCH3 is 2. The molecule has 0 unspecified atom stereocenters. The van der Waals surface area contributed by atoms with Crippen molar-refractivity contribution in [2.75, 3.05) is 58.6 Å². The van der Waals surface area contributed by atoms with Gasteiger partial charge in [-0.1, -0.05) is 11.6 Å². The SMILES string of the molecule is COCCNCc1c(Cl)nc2ccc(OC)cc2c1N1CCOCC1. The lowest BCUT2D eigenvalue weighted by atomic mass is 10.1. The van der Waals surface area contributed by atoms with E-state index < -0.39 is 0 Å². The van der Waals surface area contributed by atoms with Crippen LogP contribution in [0.25, 0.3) is 10.9 Å². The zero-order chi connectivity index (χ0) is 17.6. The molecule has 3 rings (SSSR count). The molecule has 136 valence electrons. The van der Waals surface area contributed by atoms with E-state index >= 15 is 0 Å². The maximum Gasteiger partial charge on any atom is 0.136 e. The number of fused-ring (bicyclic) bond motifs is 1. The molecule has 0 bridgehead atoms. The van der Waals surface area contributed by atoms with Crippen molar-refractivity contribution in [3.63, 3.8) is 0 Å². The smallest absolute Gasteiger partial charge is 0.136 e. The van der Waals surface area contributed by atoms with Gasteiger partial charge >= 0.3 is 0 Å². The van der Waals surface area contributed by atoms with Crippen molar-refractivity contribution >= 4 is 28.2 Å². The fraction of sp³-hybridized carbons (Fsp3) is 0.500. The predicted octanol–water partition coefficient (Wildman–Crippen LogP) is 2.47. The lowest BCUT2D eigenvalue weighted by Crippen LogP contribution is -2.37. The van der Waals surface area contributed by atoms with Gasteiger partial charge in [-0.2, -0.15) is 0 Å². The highest BCUT2D eigenvalue weighted by Crippen LogP contribution is 2.36. The van der Waals surface area contributed by atoms with Crippen LogP contribution in [-0.2, 0) is 16.0 Å². The second kappa shape index (κ2) is 8.67. The van der Waals surface area contributed by atoms with Gasteiger partial charge in [-0.05, 0) is 18.2 Å². The quantitative estimate of drug-likeness (QED) is 0.601. The van der Waals surface area contributed by atoms with Gasteiger partial charge in [0.25, 0.3) is 0 Å². The minimum absolute atomic E-state index is 0.532. The van der Waals surface area contributed by atoms with Crippen molar-refractivity contribution in [1.29, 1.82) is 0 Å². The Labute approximate surface area is 153 Å². The number of hydrogen-bond acceptors (Lipinski definition) is 6. The Bertz CT molecular complexity index is 720. The molecule has 0 radical (unpaired) electrons. The molecule has 0 aliphatic carbocycles. The molecule has 1 aliphatic rings. The van der Waals surface area contributed by atoms with Crippen LogP contribution in [-0.4, -0.2) is 58.7 Å². The summed E-state index contributed by atoms with van der Waals surface area (Å²) in [6.07, 6.45) is 0. The summed E-state index contributed by atoms with van der Waals surface area (Å²) >= 11 is 6.54. The second-order valence-electron chi connectivity index (χ2n) is 5.88. The van der Waals surface area contributed by atoms with Crippen molar-refractivity contribution in [1.82, 2.24) is 10.3 Å². The van der Waals surface area contributed by atoms with Gasteiger partial charge in [0.15, 0.2) is 0 Å². The molecule has 25 heavy (non-hydrogen) atoms. The fourth-order valence-corrected chi connectivity index (χ4v) is 3.30. The molecule has 0 saturated carbocycles. The van der Waals surface area contributed by atoms with Gasteiger partial charge in [0, 0.05) is 44.2 Å². The molecule has 1 fully saturated rings. The van der Waals surface area contributed by atoms with Crippen LogP contribution in [0.15, 0.2) is 18.2 Å². The number of aromatic nitrogens is 1. The van der Waals surface area contributed by atoms with Gasteiger partial charge in [-0.3, -0.25) is 0 Å². The lowest BCUT2D eigenvalue weighted by Gasteiger charge is -2.32. The highest BCUT2D eigenvalue weighted by molar-refractivity contribution is 6.31. The predicted molar refractivity (Wildman–Crippen MR) is 99.9 cm³/mol. The van der Waals surface area contributed by atoms with Crippen molar-refractivity contribution in [3.05, 3.63) is 28.9 Å². The number of anilines is 1. The lowest BCUT2D eigenvalue weighted by molar-refractivity contribution is 0.122. The number of nitrogens with zero attached hydrogens (tertiary/aromatic N) is 2. The van der Waals surface area contributed by atoms with Crippen LogP contribution in [0.3, 0.4) is 0 Å². The van der Waals surface area contributed by atoms with Crippen molar-refractivity contribution in [2.45, 2.75) is 6.54 Å². The first-order chi connectivity index (χ1) is 12.2. The molecule has 2 heterocycles. The van der Waals surface area contributed by atoms with Crippen molar-refractivity contribution < 1.29 is 14.2 Å². The Balaban J connectivity index is 2.05. The number of morpholine rings is 1. The van der Waals surface area contributed by atoms with Gasteiger partial charge in [0.05, 0.1) is 38.1 Å². The highest BCUT2D eigenvalue weighted by Gasteiger charge is 2.21. The number of pyridine rings is 1. The molecule has 1 aromatic heterocycles. The normalized spacial score (nSPS) is 14.9. The van der Waals surface area contributed by atoms with Gasteiger partial charge in [0.2, 0.25) is 0 Å². The van der Waals surface area contributed by atoms with E-state index in [-0.39, 0.29) is 0 Å². The molecule has 2 aromatic rings. The first-order valence-electron chi connectivity index (χ1n) is 8.43. The summed E-state index contributed by atoms with van der Waals surface area (Å²) < 4.78 is 16.0. The number of ether oxygens (including phenoxy) is 3. The molecule has 1 N–H and O–H groups in total. The first-order valence-corrected chi connectivity index (χ1v) is 8.81. The van der Waals surface area contributed by atoms with Crippen LogP contribution < -0.4 is 15.0 Å². The van der Waals surface area contributed by atoms with E-state index in [0.717, 1.165) is 47.5 Å². The van der Waals surface area contributed by atoms with Crippen LogP contribution >= 0.6 is 11.6 Å². The third-order valence-electron chi connectivity index (χ3n) is 4.32. The van der Waals surface area contributed by atoms with Gasteiger partial charge in [0.1, 0.15) is 10.9 Å². The van der Waals surface area contributed by atoms with Gasteiger partial charge in [-0.15, -0.1) is 0 Å². The third-order valence-corrected chi connectivity index (χ3v) is 4.64. The number of benzene rings is 1. The molecule has 1 aliphatic heterocycles. The third kappa shape index (κ3) is 4.15. The summed E-state index contributed by atoms with van der Waals surface area (Å²) in [7, 11) is 3.36. The summed E-state index contributed by atoms with van der Waals surface area (Å²) in [5.41, 5.74) is 2.98. The number of halogens is 1. The van der Waals surface area contributed by atoms with E-state index in [0.29, 0.717) is 31.5 Å². The second-order valence-corrected chi connectivity index (χ2v) is 6.24. The van der Waals surface area contributed by atoms with Gasteiger partial charge < -0.3 is 24.4 Å². The van der Waals surface area contributed by atoms with Crippen LogP contribution in [0.4, 0.5) is 5.69 Å². The monoisotopic (exact) mass is 365 g/mol. The van der Waals surface area contributed by atoms with E-state index in [1.165, 1.54) is 0 Å². The zero-order valence-corrected chi connectivity index (χ0v) is 15.4. The summed E-state index contributed by atoms with van der Waals surface area (Å²) in [6.45, 7) is 5.12. The number of rotatable bonds is 7. The van der Waals surface area contributed by atoms with E-state index in [2.05, 4.69) is 15.2 Å². The van der Waals surface area contributed by atoms with Crippen LogP contribution in [0, 0.1) is 0 Å². The number of hydrogen-bond donors (Lipinski definition) is 1. The largest absolute Gasteiger partial charge is 0.497 e. The standard InChI is InChI=1S/C18H24ClN3O3/c1-23-8-5-20-12-15-17(22-6-9-25-10-7-22)14-11-13(24-2)3-4-16(14)21-18(15)19/h3-4,11,20H,5-10,12H2,1-2H3. The maximum atomic E-state index is 6.54. The Kier molecular flexibility index (Phi) is 6.31. The summed E-state index contributed by atoms with van der Waals surface area (Å²) in [5, 5.41) is 4.96. The van der Waals surface area contributed by atoms with Crippen LogP contribution in [0.1, 0.15) is 5.56 Å². The Morgan fingerprint density at radius 2 is 2.08 bits per heavy atom. The highest BCUT2D eigenvalue weighted by atomic mass is 35.5. The van der Waals surface area contributed by atoms with Crippen LogP contribution in [0.5, 0.6) is 5.75 Å². The molecule has 1 aromatic carbocycles. The molecule has 0 spiro atoms.